The largest absolute Gasteiger partial charge is 0.390 e. The minimum absolute atomic E-state index is 0.0152. The molecule has 0 aromatic carbocycles. The van der Waals surface area contributed by atoms with E-state index < -0.39 is 20.2 Å². The van der Waals surface area contributed by atoms with E-state index in [1.165, 1.54) is 25.7 Å². The van der Waals surface area contributed by atoms with Crippen LogP contribution in [0.1, 0.15) is 100 Å². The topological polar surface area (TPSA) is 49.7 Å². The first-order valence-electron chi connectivity index (χ1n) is 15.3. The maximum Gasteiger partial charge on any atom is 0.195 e. The van der Waals surface area contributed by atoms with Gasteiger partial charge in [-0.15, -0.1) is 0 Å². The average molecular weight is 543 g/mol. The Balaban J connectivity index is 1.81. The smallest absolute Gasteiger partial charge is 0.195 e. The molecule has 0 heterocycles. The number of hydrogen-bond donors (Lipinski definition) is 2. The van der Waals surface area contributed by atoms with E-state index in [-0.39, 0.29) is 11.5 Å². The van der Waals surface area contributed by atoms with Gasteiger partial charge in [0.25, 0.3) is 0 Å². The van der Waals surface area contributed by atoms with Crippen LogP contribution in [0.15, 0.2) is 47.6 Å². The van der Waals surface area contributed by atoms with Crippen LogP contribution in [0.3, 0.4) is 0 Å². The summed E-state index contributed by atoms with van der Waals surface area (Å²) in [6, 6.07) is 0. The summed E-state index contributed by atoms with van der Waals surface area (Å²) >= 11 is 0. The van der Waals surface area contributed by atoms with Crippen LogP contribution in [0.5, 0.6) is 0 Å². The lowest BCUT2D eigenvalue weighted by atomic mass is 9.61. The SMILES string of the molecule is C=C1/C(=C\C=C2/CCC[C@]3(C)[C@@H]([C@H](C)/C=C/[C@H](C)C(C)C)CC[C@@H]23)C[C@](O)(O[Si](C)(C)C(C)(C)C)C[C@H]1O. The summed E-state index contributed by atoms with van der Waals surface area (Å²) < 4.78 is 6.48. The quantitative estimate of drug-likeness (QED) is 0.192. The van der Waals surface area contributed by atoms with Crippen molar-refractivity contribution in [3.63, 3.8) is 0 Å². The van der Waals surface area contributed by atoms with E-state index in [1.807, 2.05) is 0 Å². The van der Waals surface area contributed by atoms with Crippen molar-refractivity contribution >= 4 is 8.32 Å². The molecule has 0 aromatic heterocycles. The second-order valence-corrected chi connectivity index (χ2v) is 19.8. The summed E-state index contributed by atoms with van der Waals surface area (Å²) in [5, 5.41) is 22.3. The highest BCUT2D eigenvalue weighted by atomic mass is 28.4. The second kappa shape index (κ2) is 11.5. The van der Waals surface area contributed by atoms with Crippen molar-refractivity contribution in [3.8, 4) is 0 Å². The maximum atomic E-state index is 11.5. The third-order valence-corrected chi connectivity index (χ3v) is 15.5. The molecular formula is C34H58O3Si. The van der Waals surface area contributed by atoms with E-state index in [1.54, 1.807) is 5.57 Å². The van der Waals surface area contributed by atoms with Crippen LogP contribution in [-0.2, 0) is 4.43 Å². The van der Waals surface area contributed by atoms with Gasteiger partial charge in [0.2, 0.25) is 0 Å². The van der Waals surface area contributed by atoms with Gasteiger partial charge < -0.3 is 14.6 Å². The lowest BCUT2D eigenvalue weighted by Gasteiger charge is -2.46. The first-order valence-corrected chi connectivity index (χ1v) is 18.2. The summed E-state index contributed by atoms with van der Waals surface area (Å²) in [4.78, 5) is 0. The first kappa shape index (κ1) is 31.6. The lowest BCUT2D eigenvalue weighted by Crippen LogP contribution is -2.53. The van der Waals surface area contributed by atoms with Crippen LogP contribution in [0.4, 0.5) is 0 Å². The highest BCUT2D eigenvalue weighted by Gasteiger charge is 2.51. The van der Waals surface area contributed by atoms with E-state index in [2.05, 4.69) is 99.4 Å². The van der Waals surface area contributed by atoms with Crippen molar-refractivity contribution < 1.29 is 14.6 Å². The Morgan fingerprint density at radius 1 is 1.08 bits per heavy atom. The highest BCUT2D eigenvalue weighted by Crippen LogP contribution is 2.59. The molecule has 0 saturated heterocycles. The monoisotopic (exact) mass is 542 g/mol. The predicted octanol–water partition coefficient (Wildman–Crippen LogP) is 8.96. The zero-order chi connectivity index (χ0) is 28.7. The molecule has 38 heavy (non-hydrogen) atoms. The Kier molecular flexibility index (Phi) is 9.56. The minimum atomic E-state index is -2.21. The summed E-state index contributed by atoms with van der Waals surface area (Å²) in [7, 11) is -2.21. The van der Waals surface area contributed by atoms with Crippen molar-refractivity contribution in [2.45, 2.75) is 130 Å². The first-order chi connectivity index (χ1) is 17.4. The molecule has 2 N–H and O–H groups in total. The second-order valence-electron chi connectivity index (χ2n) is 15.1. The van der Waals surface area contributed by atoms with Crippen LogP contribution < -0.4 is 0 Å². The van der Waals surface area contributed by atoms with E-state index in [9.17, 15) is 10.2 Å². The fraction of sp³-hybridized carbons (Fsp3) is 0.765. The molecule has 3 fully saturated rings. The molecule has 0 unspecified atom stereocenters. The summed E-state index contributed by atoms with van der Waals surface area (Å²) in [5.74, 6) is 1.88. The molecule has 3 saturated carbocycles. The zero-order valence-electron chi connectivity index (χ0n) is 26.2. The van der Waals surface area contributed by atoms with Gasteiger partial charge in [-0.3, -0.25) is 0 Å². The molecule has 3 aliphatic rings. The van der Waals surface area contributed by atoms with Gasteiger partial charge in [-0.05, 0) is 96.4 Å². The molecule has 7 atom stereocenters. The van der Waals surface area contributed by atoms with Gasteiger partial charge in [0, 0.05) is 12.8 Å². The molecule has 0 radical (unpaired) electrons. The standard InChI is InChI=1S/C34H58O3Si/c1-23(2)24(3)14-15-25(4)29-18-19-30-27(13-12-20-33(29,30)9)16-17-28-21-34(36,22-31(35)26(28)5)37-38(10,11)32(6,7)8/h14-17,23-25,29-31,35-36H,5,12-13,18-22H2,1-4,6-11H3/b15-14+,27-16+,28-17-/t24-,25+,29+,30-,31+,33+,34-/m0/s1. The molecule has 0 aliphatic heterocycles. The minimum Gasteiger partial charge on any atom is -0.390 e. The van der Waals surface area contributed by atoms with Gasteiger partial charge in [-0.25, -0.2) is 0 Å². The van der Waals surface area contributed by atoms with Gasteiger partial charge in [-0.1, -0.05) is 91.8 Å². The van der Waals surface area contributed by atoms with Crippen LogP contribution >= 0.6 is 0 Å². The van der Waals surface area contributed by atoms with Gasteiger partial charge in [-0.2, -0.15) is 0 Å². The summed E-state index contributed by atoms with van der Waals surface area (Å²) in [5.41, 5.74) is 3.54. The van der Waals surface area contributed by atoms with Crippen LogP contribution in [0, 0.1) is 35.0 Å². The van der Waals surface area contributed by atoms with Gasteiger partial charge >= 0.3 is 0 Å². The molecule has 0 aromatic rings. The highest BCUT2D eigenvalue weighted by molar-refractivity contribution is 6.74. The van der Waals surface area contributed by atoms with Gasteiger partial charge in [0.05, 0.1) is 6.10 Å². The Bertz CT molecular complexity index is 951. The van der Waals surface area contributed by atoms with E-state index in [0.29, 0.717) is 41.4 Å². The molecule has 0 bridgehead atoms. The molecule has 4 heteroatoms. The van der Waals surface area contributed by atoms with Crippen molar-refractivity contribution in [2.24, 2.45) is 35.0 Å². The normalized spacial score (nSPS) is 36.9. The van der Waals surface area contributed by atoms with Crippen molar-refractivity contribution in [3.05, 3.63) is 47.6 Å². The Morgan fingerprint density at radius 3 is 2.34 bits per heavy atom. The van der Waals surface area contributed by atoms with E-state index >= 15 is 0 Å². The Morgan fingerprint density at radius 2 is 1.74 bits per heavy atom. The zero-order valence-corrected chi connectivity index (χ0v) is 27.2. The third kappa shape index (κ3) is 6.67. The molecule has 3 rings (SSSR count). The van der Waals surface area contributed by atoms with E-state index in [0.717, 1.165) is 17.6 Å². The number of rotatable bonds is 7. The van der Waals surface area contributed by atoms with Gasteiger partial charge in [0.15, 0.2) is 14.1 Å². The number of hydrogen-bond acceptors (Lipinski definition) is 3. The Hall–Kier alpha value is -0.943. The number of fused-ring (bicyclic) bond motifs is 1. The lowest BCUT2D eigenvalue weighted by molar-refractivity contribution is -0.169. The third-order valence-electron chi connectivity index (χ3n) is 11.0. The fourth-order valence-corrected chi connectivity index (χ4v) is 8.46. The van der Waals surface area contributed by atoms with Crippen LogP contribution in [-0.4, -0.2) is 30.4 Å². The number of aliphatic hydroxyl groups is 2. The summed E-state index contributed by atoms with van der Waals surface area (Å²) in [6.45, 7) is 27.0. The molecule has 3 nitrogen and oxygen atoms in total. The number of allylic oxidation sites excluding steroid dienone is 5. The van der Waals surface area contributed by atoms with Crippen molar-refractivity contribution in [1.82, 2.24) is 0 Å². The van der Waals surface area contributed by atoms with Crippen LogP contribution in [0.2, 0.25) is 18.1 Å². The molecular weight excluding hydrogens is 484 g/mol. The summed E-state index contributed by atoms with van der Waals surface area (Å²) in [6.07, 6.45) is 15.4. The number of aliphatic hydroxyl groups excluding tert-OH is 1. The Labute approximate surface area is 235 Å². The van der Waals surface area contributed by atoms with E-state index in [4.69, 9.17) is 4.43 Å². The average Bonchev–Trinajstić information content (AvgIpc) is 3.14. The molecule has 0 spiro atoms. The van der Waals surface area contributed by atoms with Gasteiger partial charge in [0.1, 0.15) is 0 Å². The van der Waals surface area contributed by atoms with Crippen LogP contribution in [0.25, 0.3) is 0 Å². The maximum absolute atomic E-state index is 11.5. The molecule has 0 amide bonds. The molecule has 216 valence electrons. The van der Waals surface area contributed by atoms with Crippen molar-refractivity contribution in [2.75, 3.05) is 0 Å². The fourth-order valence-electron chi connectivity index (χ4n) is 7.05. The van der Waals surface area contributed by atoms with Crippen molar-refractivity contribution in [1.29, 1.82) is 0 Å². The molecule has 3 aliphatic carbocycles. The predicted molar refractivity (Wildman–Crippen MR) is 164 cm³/mol.